The lowest BCUT2D eigenvalue weighted by molar-refractivity contribution is 0.0939. The second-order valence-corrected chi connectivity index (χ2v) is 7.32. The largest absolute Gasteiger partial charge is 0.493 e. The van der Waals surface area contributed by atoms with Crippen LogP contribution >= 0.6 is 15.9 Å². The Kier molecular flexibility index (Phi) is 6.87. The molecule has 8 heteroatoms. The van der Waals surface area contributed by atoms with Crippen LogP contribution in [0.3, 0.4) is 0 Å². The van der Waals surface area contributed by atoms with Crippen molar-refractivity contribution >= 4 is 21.8 Å². The lowest BCUT2D eigenvalue weighted by Gasteiger charge is -2.17. The maximum absolute atomic E-state index is 12.8. The van der Waals surface area contributed by atoms with Crippen LogP contribution in [0, 0.1) is 0 Å². The van der Waals surface area contributed by atoms with E-state index in [1.54, 1.807) is 30.3 Å². The molecule has 0 aliphatic heterocycles. The van der Waals surface area contributed by atoms with Crippen LogP contribution in [0.5, 0.6) is 11.5 Å². The standard InChI is InChI=1S/C21H23BrN4O3/c1-4-9-29-20-18(22)10-16(11-19(20)28-3)21(27)25-14(2)15-5-7-17(8-6-15)26-13-23-12-24-26/h5-8,10-14H,4,9H2,1-3H3,(H,25,27). The van der Waals surface area contributed by atoms with Crippen molar-refractivity contribution in [1.82, 2.24) is 20.1 Å². The summed E-state index contributed by atoms with van der Waals surface area (Å²) in [6, 6.07) is 11.0. The molecule has 2 aromatic carbocycles. The molecule has 0 aliphatic rings. The van der Waals surface area contributed by atoms with Gasteiger partial charge in [-0.2, -0.15) is 5.10 Å². The highest BCUT2D eigenvalue weighted by atomic mass is 79.9. The average Bonchev–Trinajstić information content (AvgIpc) is 3.27. The summed E-state index contributed by atoms with van der Waals surface area (Å²) in [6.07, 6.45) is 4.01. The van der Waals surface area contributed by atoms with Crippen molar-refractivity contribution in [2.75, 3.05) is 13.7 Å². The van der Waals surface area contributed by atoms with Crippen molar-refractivity contribution < 1.29 is 14.3 Å². The van der Waals surface area contributed by atoms with Crippen LogP contribution in [0.15, 0.2) is 53.5 Å². The summed E-state index contributed by atoms with van der Waals surface area (Å²) in [5, 5.41) is 7.13. The van der Waals surface area contributed by atoms with Crippen LogP contribution < -0.4 is 14.8 Å². The minimum absolute atomic E-state index is 0.173. The van der Waals surface area contributed by atoms with Crippen LogP contribution in [-0.2, 0) is 0 Å². The van der Waals surface area contributed by atoms with E-state index in [4.69, 9.17) is 9.47 Å². The predicted molar refractivity (Wildman–Crippen MR) is 114 cm³/mol. The van der Waals surface area contributed by atoms with Gasteiger partial charge in [-0.3, -0.25) is 4.79 Å². The zero-order chi connectivity index (χ0) is 20.8. The Balaban J connectivity index is 1.73. The number of hydrogen-bond acceptors (Lipinski definition) is 5. The monoisotopic (exact) mass is 458 g/mol. The molecule has 1 unspecified atom stereocenters. The molecule has 0 saturated carbocycles. The first-order valence-corrected chi connectivity index (χ1v) is 10.1. The van der Waals surface area contributed by atoms with E-state index >= 15 is 0 Å². The van der Waals surface area contributed by atoms with Crippen molar-refractivity contribution in [2.45, 2.75) is 26.3 Å². The zero-order valence-corrected chi connectivity index (χ0v) is 18.1. The van der Waals surface area contributed by atoms with Crippen molar-refractivity contribution in [3.8, 4) is 17.2 Å². The fraction of sp³-hybridized carbons (Fsp3) is 0.286. The number of benzene rings is 2. The van der Waals surface area contributed by atoms with Gasteiger partial charge in [-0.1, -0.05) is 19.1 Å². The molecule has 1 heterocycles. The number of ether oxygens (including phenoxy) is 2. The number of methoxy groups -OCH3 is 1. The van der Waals surface area contributed by atoms with Gasteiger partial charge < -0.3 is 14.8 Å². The molecule has 0 bridgehead atoms. The SMILES string of the molecule is CCCOc1c(Br)cc(C(=O)NC(C)c2ccc(-n3cncn3)cc2)cc1OC. The summed E-state index contributed by atoms with van der Waals surface area (Å²) in [5.41, 5.74) is 2.38. The highest BCUT2D eigenvalue weighted by Crippen LogP contribution is 2.37. The molecular weight excluding hydrogens is 436 g/mol. The van der Waals surface area contributed by atoms with Gasteiger partial charge in [0.2, 0.25) is 0 Å². The summed E-state index contributed by atoms with van der Waals surface area (Å²) >= 11 is 3.48. The minimum atomic E-state index is -0.195. The van der Waals surface area contributed by atoms with Crippen molar-refractivity contribution in [3.63, 3.8) is 0 Å². The molecule has 7 nitrogen and oxygen atoms in total. The molecule has 0 fully saturated rings. The molecule has 152 valence electrons. The highest BCUT2D eigenvalue weighted by Gasteiger charge is 2.17. The number of halogens is 1. The molecule has 0 saturated heterocycles. The maximum atomic E-state index is 12.8. The minimum Gasteiger partial charge on any atom is -0.493 e. The number of carbonyl (C=O) groups is 1. The van der Waals surface area contributed by atoms with Crippen LogP contribution in [0.2, 0.25) is 0 Å². The molecule has 0 aliphatic carbocycles. The van der Waals surface area contributed by atoms with Gasteiger partial charge >= 0.3 is 0 Å². The van der Waals surface area contributed by atoms with Gasteiger partial charge in [-0.15, -0.1) is 0 Å². The Bertz CT molecular complexity index is 959. The Hall–Kier alpha value is -2.87. The van der Waals surface area contributed by atoms with Gasteiger partial charge in [0.15, 0.2) is 11.5 Å². The third-order valence-corrected chi connectivity index (χ3v) is 4.96. The Morgan fingerprint density at radius 3 is 2.66 bits per heavy atom. The molecular formula is C21H23BrN4O3. The Morgan fingerprint density at radius 2 is 2.03 bits per heavy atom. The summed E-state index contributed by atoms with van der Waals surface area (Å²) < 4.78 is 13.5. The second kappa shape index (κ2) is 9.56. The first kappa shape index (κ1) is 20.9. The van der Waals surface area contributed by atoms with E-state index in [0.717, 1.165) is 17.7 Å². The van der Waals surface area contributed by atoms with Gasteiger partial charge in [0, 0.05) is 5.56 Å². The first-order valence-electron chi connectivity index (χ1n) is 9.29. The number of carbonyl (C=O) groups excluding carboxylic acids is 1. The van der Waals surface area contributed by atoms with E-state index < -0.39 is 0 Å². The third-order valence-electron chi connectivity index (χ3n) is 4.37. The summed E-state index contributed by atoms with van der Waals surface area (Å²) in [6.45, 7) is 4.54. The van der Waals surface area contributed by atoms with Crippen LogP contribution in [0.4, 0.5) is 0 Å². The second-order valence-electron chi connectivity index (χ2n) is 6.46. The smallest absolute Gasteiger partial charge is 0.251 e. The molecule has 0 radical (unpaired) electrons. The molecule has 1 amide bonds. The summed E-state index contributed by atoms with van der Waals surface area (Å²) in [7, 11) is 1.56. The van der Waals surface area contributed by atoms with Gasteiger partial charge in [0.1, 0.15) is 12.7 Å². The molecule has 29 heavy (non-hydrogen) atoms. The third kappa shape index (κ3) is 4.95. The van der Waals surface area contributed by atoms with Gasteiger partial charge in [0.25, 0.3) is 5.91 Å². The zero-order valence-electron chi connectivity index (χ0n) is 16.6. The lowest BCUT2D eigenvalue weighted by Crippen LogP contribution is -2.26. The van der Waals surface area contributed by atoms with Crippen molar-refractivity contribution in [1.29, 1.82) is 0 Å². The molecule has 1 atom stereocenters. The number of nitrogens with one attached hydrogen (secondary N) is 1. The highest BCUT2D eigenvalue weighted by molar-refractivity contribution is 9.10. The first-order chi connectivity index (χ1) is 14.0. The Morgan fingerprint density at radius 1 is 1.28 bits per heavy atom. The van der Waals surface area contributed by atoms with E-state index in [-0.39, 0.29) is 11.9 Å². The molecule has 1 N–H and O–H groups in total. The fourth-order valence-corrected chi connectivity index (χ4v) is 3.37. The van der Waals surface area contributed by atoms with Gasteiger partial charge in [-0.25, -0.2) is 9.67 Å². The van der Waals surface area contributed by atoms with E-state index in [1.807, 2.05) is 38.1 Å². The van der Waals surface area contributed by atoms with Gasteiger partial charge in [-0.05, 0) is 59.1 Å². The van der Waals surface area contributed by atoms with Crippen LogP contribution in [-0.4, -0.2) is 34.4 Å². The molecule has 1 aromatic heterocycles. The van der Waals surface area contributed by atoms with Crippen molar-refractivity contribution in [2.24, 2.45) is 0 Å². The lowest BCUT2D eigenvalue weighted by atomic mass is 10.1. The van der Waals surface area contributed by atoms with Crippen molar-refractivity contribution in [3.05, 3.63) is 64.7 Å². The normalized spacial score (nSPS) is 11.7. The number of hydrogen-bond donors (Lipinski definition) is 1. The maximum Gasteiger partial charge on any atom is 0.251 e. The summed E-state index contributed by atoms with van der Waals surface area (Å²) in [4.78, 5) is 16.7. The van der Waals surface area contributed by atoms with Gasteiger partial charge in [0.05, 0.1) is 29.9 Å². The van der Waals surface area contributed by atoms with Crippen LogP contribution in [0.1, 0.15) is 42.2 Å². The fourth-order valence-electron chi connectivity index (χ4n) is 2.82. The molecule has 3 aromatic rings. The number of rotatable bonds is 8. The van der Waals surface area contributed by atoms with E-state index in [2.05, 4.69) is 31.3 Å². The van der Waals surface area contributed by atoms with E-state index in [0.29, 0.717) is 28.1 Å². The number of nitrogens with zero attached hydrogens (tertiary/aromatic N) is 3. The predicted octanol–water partition coefficient (Wildman–Crippen LogP) is 4.32. The van der Waals surface area contributed by atoms with E-state index in [9.17, 15) is 4.79 Å². The molecule has 3 rings (SSSR count). The average molecular weight is 459 g/mol. The Labute approximate surface area is 178 Å². The van der Waals surface area contributed by atoms with Crippen LogP contribution in [0.25, 0.3) is 5.69 Å². The molecule has 0 spiro atoms. The quantitative estimate of drug-likeness (QED) is 0.543. The topological polar surface area (TPSA) is 78.3 Å². The number of aromatic nitrogens is 3. The van der Waals surface area contributed by atoms with E-state index in [1.165, 1.54) is 6.33 Å². The summed E-state index contributed by atoms with van der Waals surface area (Å²) in [5.74, 6) is 0.921. The number of amides is 1.